The Morgan fingerprint density at radius 2 is 1.50 bits per heavy atom. The molecule has 2 heteroatoms. The van der Waals surface area contributed by atoms with Crippen molar-refractivity contribution in [3.8, 4) is 0 Å². The van der Waals surface area contributed by atoms with Crippen molar-refractivity contribution >= 4 is 0 Å². The van der Waals surface area contributed by atoms with E-state index in [0.29, 0.717) is 6.04 Å². The van der Waals surface area contributed by atoms with Gasteiger partial charge in [0.1, 0.15) is 0 Å². The first-order valence-electron chi connectivity index (χ1n) is 9.04. The maximum absolute atomic E-state index is 3.50. The summed E-state index contributed by atoms with van der Waals surface area (Å²) < 4.78 is 0. The first-order valence-corrected chi connectivity index (χ1v) is 9.04. The second kappa shape index (κ2) is 7.79. The zero-order valence-corrected chi connectivity index (χ0v) is 14.2. The molecule has 0 bridgehead atoms. The van der Waals surface area contributed by atoms with E-state index in [-0.39, 0.29) is 0 Å². The summed E-state index contributed by atoms with van der Waals surface area (Å²) in [6.45, 7) is 13.4. The average molecular weight is 281 g/mol. The highest BCUT2D eigenvalue weighted by atomic mass is 15.2. The van der Waals surface area contributed by atoms with Crippen molar-refractivity contribution in [3.05, 3.63) is 0 Å². The standard InChI is InChI=1S/C18H36N2/c1-14(2)17-5-7-18(8-6-17)20(15(3)4)13-16-9-11-19-12-10-16/h14-19H,5-13H2,1-4H3. The van der Waals surface area contributed by atoms with Gasteiger partial charge in [-0.25, -0.2) is 0 Å². The van der Waals surface area contributed by atoms with E-state index in [9.17, 15) is 0 Å². The van der Waals surface area contributed by atoms with Crippen LogP contribution in [0.3, 0.4) is 0 Å². The van der Waals surface area contributed by atoms with Gasteiger partial charge in [0.2, 0.25) is 0 Å². The minimum absolute atomic E-state index is 0.713. The number of hydrogen-bond acceptors (Lipinski definition) is 2. The monoisotopic (exact) mass is 280 g/mol. The molecule has 1 saturated heterocycles. The van der Waals surface area contributed by atoms with Crippen molar-refractivity contribution in [2.24, 2.45) is 17.8 Å². The van der Waals surface area contributed by atoms with Gasteiger partial charge in [0.25, 0.3) is 0 Å². The van der Waals surface area contributed by atoms with Gasteiger partial charge in [0.05, 0.1) is 0 Å². The highest BCUT2D eigenvalue weighted by Gasteiger charge is 2.30. The van der Waals surface area contributed by atoms with Crippen LogP contribution in [0, 0.1) is 17.8 Å². The number of piperidine rings is 1. The van der Waals surface area contributed by atoms with Crippen molar-refractivity contribution in [3.63, 3.8) is 0 Å². The molecule has 1 N–H and O–H groups in total. The van der Waals surface area contributed by atoms with Gasteiger partial charge in [-0.1, -0.05) is 13.8 Å². The molecule has 2 rings (SSSR count). The van der Waals surface area contributed by atoms with Crippen LogP contribution in [0.4, 0.5) is 0 Å². The van der Waals surface area contributed by atoms with Gasteiger partial charge >= 0.3 is 0 Å². The van der Waals surface area contributed by atoms with E-state index in [0.717, 1.165) is 23.8 Å². The van der Waals surface area contributed by atoms with Gasteiger partial charge in [-0.2, -0.15) is 0 Å². The fourth-order valence-corrected chi connectivity index (χ4v) is 4.24. The SMILES string of the molecule is CC(C)C1CCC(N(CC2CCNCC2)C(C)C)CC1. The van der Waals surface area contributed by atoms with E-state index in [4.69, 9.17) is 0 Å². The van der Waals surface area contributed by atoms with Gasteiger partial charge < -0.3 is 5.32 Å². The minimum Gasteiger partial charge on any atom is -0.317 e. The van der Waals surface area contributed by atoms with Gasteiger partial charge in [0, 0.05) is 18.6 Å². The summed E-state index contributed by atoms with van der Waals surface area (Å²) in [5, 5.41) is 3.50. The number of nitrogens with one attached hydrogen (secondary N) is 1. The van der Waals surface area contributed by atoms with Crippen LogP contribution < -0.4 is 5.32 Å². The van der Waals surface area contributed by atoms with Crippen molar-refractivity contribution in [2.45, 2.75) is 78.3 Å². The van der Waals surface area contributed by atoms with E-state index in [1.807, 2.05) is 0 Å². The molecule has 1 aliphatic heterocycles. The molecule has 2 nitrogen and oxygen atoms in total. The van der Waals surface area contributed by atoms with E-state index >= 15 is 0 Å². The van der Waals surface area contributed by atoms with Gasteiger partial charge in [-0.3, -0.25) is 4.90 Å². The fourth-order valence-electron chi connectivity index (χ4n) is 4.24. The lowest BCUT2D eigenvalue weighted by Gasteiger charge is -2.42. The molecule has 118 valence electrons. The zero-order chi connectivity index (χ0) is 14.5. The number of nitrogens with zero attached hydrogens (tertiary/aromatic N) is 1. The molecule has 0 atom stereocenters. The van der Waals surface area contributed by atoms with Gasteiger partial charge in [-0.05, 0) is 83.2 Å². The lowest BCUT2D eigenvalue weighted by molar-refractivity contribution is 0.0737. The summed E-state index contributed by atoms with van der Waals surface area (Å²) in [5.74, 6) is 2.80. The van der Waals surface area contributed by atoms with Crippen LogP contribution in [-0.2, 0) is 0 Å². The van der Waals surface area contributed by atoms with E-state index in [2.05, 4.69) is 37.9 Å². The molecule has 0 aromatic carbocycles. The van der Waals surface area contributed by atoms with Crippen molar-refractivity contribution in [2.75, 3.05) is 19.6 Å². The first-order chi connectivity index (χ1) is 9.58. The summed E-state index contributed by atoms with van der Waals surface area (Å²) in [6, 6.07) is 1.57. The Morgan fingerprint density at radius 1 is 0.900 bits per heavy atom. The molecule has 0 aromatic rings. The quantitative estimate of drug-likeness (QED) is 0.821. The summed E-state index contributed by atoms with van der Waals surface area (Å²) in [6.07, 6.45) is 8.54. The molecule has 1 saturated carbocycles. The van der Waals surface area contributed by atoms with E-state index in [1.165, 1.54) is 58.2 Å². The lowest BCUT2D eigenvalue weighted by atomic mass is 9.79. The van der Waals surface area contributed by atoms with Crippen molar-refractivity contribution in [1.82, 2.24) is 10.2 Å². The highest BCUT2D eigenvalue weighted by molar-refractivity contribution is 4.84. The molecule has 1 aliphatic carbocycles. The Kier molecular flexibility index (Phi) is 6.35. The second-order valence-corrected chi connectivity index (χ2v) is 7.80. The molecule has 0 amide bonds. The average Bonchev–Trinajstić information content (AvgIpc) is 2.45. The van der Waals surface area contributed by atoms with Crippen LogP contribution in [0.15, 0.2) is 0 Å². The normalized spacial score (nSPS) is 29.6. The van der Waals surface area contributed by atoms with E-state index in [1.54, 1.807) is 0 Å². The number of rotatable bonds is 5. The third-order valence-electron chi connectivity index (χ3n) is 5.74. The van der Waals surface area contributed by atoms with Gasteiger partial charge in [-0.15, -0.1) is 0 Å². The smallest absolute Gasteiger partial charge is 0.00982 e. The Hall–Kier alpha value is -0.0800. The molecule has 1 heterocycles. The predicted octanol–water partition coefficient (Wildman–Crippen LogP) is 3.91. The summed E-state index contributed by atoms with van der Waals surface area (Å²) in [5.41, 5.74) is 0. The molecule has 0 unspecified atom stereocenters. The van der Waals surface area contributed by atoms with Gasteiger partial charge in [0.15, 0.2) is 0 Å². The molecular weight excluding hydrogens is 244 g/mol. The maximum atomic E-state index is 3.50. The van der Waals surface area contributed by atoms with Crippen molar-refractivity contribution in [1.29, 1.82) is 0 Å². The third-order valence-corrected chi connectivity index (χ3v) is 5.74. The molecule has 20 heavy (non-hydrogen) atoms. The molecule has 0 spiro atoms. The largest absolute Gasteiger partial charge is 0.317 e. The molecular formula is C18H36N2. The van der Waals surface area contributed by atoms with Crippen LogP contribution in [0.2, 0.25) is 0 Å². The van der Waals surface area contributed by atoms with E-state index < -0.39 is 0 Å². The van der Waals surface area contributed by atoms with Crippen LogP contribution in [-0.4, -0.2) is 36.6 Å². The van der Waals surface area contributed by atoms with Crippen molar-refractivity contribution < 1.29 is 0 Å². The molecule has 0 aromatic heterocycles. The maximum Gasteiger partial charge on any atom is 0.00982 e. The fraction of sp³-hybridized carbons (Fsp3) is 1.00. The lowest BCUT2D eigenvalue weighted by Crippen LogP contribution is -2.46. The predicted molar refractivity (Wildman–Crippen MR) is 88.0 cm³/mol. The molecule has 2 fully saturated rings. The van der Waals surface area contributed by atoms with Crippen LogP contribution >= 0.6 is 0 Å². The third kappa shape index (κ3) is 4.46. The summed E-state index contributed by atoms with van der Waals surface area (Å²) >= 11 is 0. The molecule has 0 radical (unpaired) electrons. The Balaban J connectivity index is 1.85. The van der Waals surface area contributed by atoms with Crippen LogP contribution in [0.1, 0.15) is 66.2 Å². The topological polar surface area (TPSA) is 15.3 Å². The minimum atomic E-state index is 0.713. The second-order valence-electron chi connectivity index (χ2n) is 7.80. The Morgan fingerprint density at radius 3 is 2.00 bits per heavy atom. The Bertz CT molecular complexity index is 261. The Labute approximate surface area is 126 Å². The summed E-state index contributed by atoms with van der Waals surface area (Å²) in [7, 11) is 0. The summed E-state index contributed by atoms with van der Waals surface area (Å²) in [4.78, 5) is 2.84. The van der Waals surface area contributed by atoms with Crippen LogP contribution in [0.5, 0.6) is 0 Å². The first kappa shape index (κ1) is 16.3. The van der Waals surface area contributed by atoms with Crippen LogP contribution in [0.25, 0.3) is 0 Å². The number of hydrogen-bond donors (Lipinski definition) is 1. The highest BCUT2D eigenvalue weighted by Crippen LogP contribution is 2.33. The zero-order valence-electron chi connectivity index (χ0n) is 14.2. The molecule has 2 aliphatic rings.